The van der Waals surface area contributed by atoms with E-state index >= 15 is 0 Å². The zero-order valence-electron chi connectivity index (χ0n) is 15.2. The van der Waals surface area contributed by atoms with E-state index in [1.165, 1.54) is 18.3 Å². The third-order valence-corrected chi connectivity index (χ3v) is 4.29. The first-order valence-electron chi connectivity index (χ1n) is 8.93. The van der Waals surface area contributed by atoms with Crippen LogP contribution in [0.15, 0.2) is 42.7 Å². The molecule has 1 fully saturated rings. The van der Waals surface area contributed by atoms with E-state index in [9.17, 15) is 13.6 Å². The highest BCUT2D eigenvalue weighted by Gasteiger charge is 2.18. The fraction of sp³-hybridized carbons (Fsp3) is 0.250. The molecule has 150 valence electrons. The number of pyridine rings is 2. The lowest BCUT2D eigenvalue weighted by Crippen LogP contribution is -2.33. The minimum atomic E-state index is -0.603. The van der Waals surface area contributed by atoms with Gasteiger partial charge in [-0.25, -0.2) is 18.7 Å². The van der Waals surface area contributed by atoms with Crippen molar-refractivity contribution in [3.63, 3.8) is 0 Å². The quantitative estimate of drug-likeness (QED) is 0.708. The van der Waals surface area contributed by atoms with Gasteiger partial charge in [0.2, 0.25) is 5.88 Å². The first kappa shape index (κ1) is 19.2. The number of hydrogen-bond donors (Lipinski definition) is 1. The minimum Gasteiger partial charge on any atom is -0.474 e. The van der Waals surface area contributed by atoms with Gasteiger partial charge in [-0.3, -0.25) is 4.79 Å². The zero-order chi connectivity index (χ0) is 20.2. The number of carbonyl (C=O) groups is 1. The Kier molecular flexibility index (Phi) is 5.59. The lowest BCUT2D eigenvalue weighted by Gasteiger charge is -2.23. The molecule has 1 aliphatic rings. The first-order valence-corrected chi connectivity index (χ1v) is 8.93. The molecular formula is C20H17F2N3O4. The summed E-state index contributed by atoms with van der Waals surface area (Å²) < 4.78 is 44.2. The molecule has 1 atom stereocenters. The fourth-order valence-corrected chi connectivity index (χ4v) is 2.93. The molecular weight excluding hydrogens is 384 g/mol. The molecule has 0 aliphatic carbocycles. The maximum absolute atomic E-state index is 14.8. The van der Waals surface area contributed by atoms with Gasteiger partial charge in [0.05, 0.1) is 31.4 Å². The number of benzene rings is 1. The van der Waals surface area contributed by atoms with E-state index in [1.807, 2.05) is 0 Å². The highest BCUT2D eigenvalue weighted by atomic mass is 19.1. The molecule has 1 aliphatic heterocycles. The largest absolute Gasteiger partial charge is 0.474 e. The summed E-state index contributed by atoms with van der Waals surface area (Å²) in [6.45, 7) is 1.61. The second-order valence-corrected chi connectivity index (χ2v) is 6.37. The van der Waals surface area contributed by atoms with E-state index in [0.717, 1.165) is 12.3 Å². The van der Waals surface area contributed by atoms with Crippen LogP contribution in [0.2, 0.25) is 0 Å². The number of nitrogens with zero attached hydrogens (tertiary/aromatic N) is 2. The molecule has 0 saturated carbocycles. The van der Waals surface area contributed by atoms with Crippen LogP contribution in [0.4, 0.5) is 14.5 Å². The van der Waals surface area contributed by atoms with Crippen LogP contribution in [0.3, 0.4) is 0 Å². The fourth-order valence-electron chi connectivity index (χ4n) is 2.93. The average Bonchev–Trinajstić information content (AvgIpc) is 2.73. The van der Waals surface area contributed by atoms with Crippen LogP contribution in [0.5, 0.6) is 5.88 Å². The van der Waals surface area contributed by atoms with E-state index in [2.05, 4.69) is 15.3 Å². The number of ether oxygens (including phenoxy) is 3. The second-order valence-electron chi connectivity index (χ2n) is 6.37. The van der Waals surface area contributed by atoms with Crippen molar-refractivity contribution in [2.75, 3.05) is 31.7 Å². The van der Waals surface area contributed by atoms with E-state index in [-0.39, 0.29) is 35.4 Å². The zero-order valence-corrected chi connectivity index (χ0v) is 15.2. The first-order chi connectivity index (χ1) is 14.1. The third-order valence-electron chi connectivity index (χ3n) is 4.29. The number of fused-ring (bicyclic) bond motifs is 1. The molecule has 0 spiro atoms. The second kappa shape index (κ2) is 8.46. The molecule has 0 radical (unpaired) electrons. The summed E-state index contributed by atoms with van der Waals surface area (Å²) in [5, 5.41) is 3.25. The molecule has 29 heavy (non-hydrogen) atoms. The van der Waals surface area contributed by atoms with E-state index in [1.54, 1.807) is 12.1 Å². The van der Waals surface area contributed by atoms with Crippen LogP contribution in [0, 0.1) is 11.6 Å². The predicted molar refractivity (Wildman–Crippen MR) is 99.9 cm³/mol. The van der Waals surface area contributed by atoms with Crippen LogP contribution in [-0.2, 0) is 9.47 Å². The monoisotopic (exact) mass is 401 g/mol. The summed E-state index contributed by atoms with van der Waals surface area (Å²) in [6, 6.07) is 6.73. The molecule has 7 nitrogen and oxygen atoms in total. The Labute approximate surface area is 164 Å². The van der Waals surface area contributed by atoms with Crippen molar-refractivity contribution in [3.8, 4) is 5.88 Å². The van der Waals surface area contributed by atoms with E-state index in [0.29, 0.717) is 25.2 Å². The Morgan fingerprint density at radius 1 is 1.21 bits per heavy atom. The van der Waals surface area contributed by atoms with Gasteiger partial charge in [-0.2, -0.15) is 0 Å². The van der Waals surface area contributed by atoms with Crippen LogP contribution in [0.25, 0.3) is 10.8 Å². The van der Waals surface area contributed by atoms with Crippen molar-refractivity contribution in [2.24, 2.45) is 0 Å². The Morgan fingerprint density at radius 2 is 2.10 bits per heavy atom. The number of halogens is 2. The summed E-state index contributed by atoms with van der Waals surface area (Å²) in [5.74, 6) is -1.60. The maximum atomic E-state index is 14.8. The average molecular weight is 401 g/mol. The molecule has 2 aromatic heterocycles. The topological polar surface area (TPSA) is 82.6 Å². The smallest absolute Gasteiger partial charge is 0.274 e. The molecule has 1 aromatic carbocycles. The Balaban J connectivity index is 1.53. The molecule has 4 rings (SSSR count). The normalized spacial score (nSPS) is 16.6. The third kappa shape index (κ3) is 4.47. The number of hydrogen-bond acceptors (Lipinski definition) is 6. The summed E-state index contributed by atoms with van der Waals surface area (Å²) in [7, 11) is 0. The molecule has 3 heterocycles. The van der Waals surface area contributed by atoms with Crippen molar-refractivity contribution in [1.82, 2.24) is 9.97 Å². The van der Waals surface area contributed by atoms with Crippen molar-refractivity contribution >= 4 is 22.4 Å². The van der Waals surface area contributed by atoms with Gasteiger partial charge < -0.3 is 19.5 Å². The van der Waals surface area contributed by atoms with Gasteiger partial charge >= 0.3 is 0 Å². The molecule has 0 bridgehead atoms. The SMILES string of the molecule is O=C(Nc1cc(F)c2c(OCC3COCCO3)nccc2c1)c1ccc(F)cn1. The summed E-state index contributed by atoms with van der Waals surface area (Å²) >= 11 is 0. The highest BCUT2D eigenvalue weighted by Crippen LogP contribution is 2.29. The minimum absolute atomic E-state index is 0.0142. The van der Waals surface area contributed by atoms with Crippen LogP contribution < -0.4 is 10.1 Å². The lowest BCUT2D eigenvalue weighted by molar-refractivity contribution is -0.101. The van der Waals surface area contributed by atoms with Gasteiger partial charge in [0, 0.05) is 11.9 Å². The molecule has 9 heteroatoms. The van der Waals surface area contributed by atoms with Crippen LogP contribution in [0.1, 0.15) is 10.5 Å². The van der Waals surface area contributed by atoms with Gasteiger partial charge in [-0.05, 0) is 35.7 Å². The summed E-state index contributed by atoms with van der Waals surface area (Å²) in [6.07, 6.45) is 2.18. The van der Waals surface area contributed by atoms with Gasteiger partial charge in [0.25, 0.3) is 5.91 Å². The number of nitrogens with one attached hydrogen (secondary N) is 1. The molecule has 1 saturated heterocycles. The van der Waals surface area contributed by atoms with Crippen molar-refractivity contribution in [1.29, 1.82) is 0 Å². The van der Waals surface area contributed by atoms with Crippen molar-refractivity contribution in [3.05, 3.63) is 60.1 Å². The predicted octanol–water partition coefficient (Wildman–Crippen LogP) is 2.95. The van der Waals surface area contributed by atoms with Gasteiger partial charge in [0.1, 0.15) is 30.0 Å². The number of aromatic nitrogens is 2. The number of carbonyl (C=O) groups excluding carboxylic acids is 1. The Bertz CT molecular complexity index is 1020. The molecule has 1 unspecified atom stereocenters. The Morgan fingerprint density at radius 3 is 2.86 bits per heavy atom. The van der Waals surface area contributed by atoms with Gasteiger partial charge in [-0.1, -0.05) is 0 Å². The van der Waals surface area contributed by atoms with Crippen LogP contribution in [-0.4, -0.2) is 48.4 Å². The maximum Gasteiger partial charge on any atom is 0.274 e. The van der Waals surface area contributed by atoms with Crippen LogP contribution >= 0.6 is 0 Å². The lowest BCUT2D eigenvalue weighted by atomic mass is 10.1. The van der Waals surface area contributed by atoms with Gasteiger partial charge in [0.15, 0.2) is 0 Å². The Hall–Kier alpha value is -3.17. The number of amides is 1. The standard InChI is InChI=1S/C20H17F2N3O4/c21-13-1-2-17(24-9-13)19(26)25-14-7-12-3-4-23-20(18(12)16(22)8-14)29-11-15-10-27-5-6-28-15/h1-4,7-9,15H,5-6,10-11H2,(H,25,26). The molecule has 1 amide bonds. The van der Waals surface area contributed by atoms with Crippen molar-refractivity contribution in [2.45, 2.75) is 6.10 Å². The highest BCUT2D eigenvalue weighted by molar-refractivity contribution is 6.04. The molecule has 3 aromatic rings. The summed E-state index contributed by atoms with van der Waals surface area (Å²) in [5.41, 5.74) is 0.243. The molecule has 1 N–H and O–H groups in total. The number of anilines is 1. The number of rotatable bonds is 5. The van der Waals surface area contributed by atoms with Crippen molar-refractivity contribution < 1.29 is 27.8 Å². The van der Waals surface area contributed by atoms with E-state index < -0.39 is 17.5 Å². The van der Waals surface area contributed by atoms with Gasteiger partial charge in [-0.15, -0.1) is 0 Å². The summed E-state index contributed by atoms with van der Waals surface area (Å²) in [4.78, 5) is 20.1. The van der Waals surface area contributed by atoms with E-state index in [4.69, 9.17) is 14.2 Å².